The van der Waals surface area contributed by atoms with Crippen molar-refractivity contribution in [2.45, 2.75) is 26.3 Å². The van der Waals surface area contributed by atoms with Crippen LogP contribution in [0.1, 0.15) is 40.3 Å². The van der Waals surface area contributed by atoms with Crippen molar-refractivity contribution in [3.05, 3.63) is 27.2 Å². The van der Waals surface area contributed by atoms with Crippen molar-refractivity contribution >= 4 is 33.7 Å². The molecule has 0 aliphatic carbocycles. The Balaban J connectivity index is 2.02. The Bertz CT molecular complexity index is 549. The van der Waals surface area contributed by atoms with Crippen LogP contribution in [-0.2, 0) is 6.42 Å². The molecular formula is C11H14N4OS2. The molecule has 1 amide bonds. The number of carbonyl (C=O) groups is 1. The van der Waals surface area contributed by atoms with Crippen LogP contribution in [0, 0.1) is 0 Å². The topological polar surface area (TPSA) is 80.9 Å². The van der Waals surface area contributed by atoms with Gasteiger partial charge >= 0.3 is 0 Å². The molecule has 0 saturated heterocycles. The summed E-state index contributed by atoms with van der Waals surface area (Å²) in [6.07, 6.45) is 2.81. The van der Waals surface area contributed by atoms with E-state index in [1.807, 2.05) is 13.1 Å². The lowest BCUT2D eigenvalue weighted by Crippen LogP contribution is -2.26. The molecule has 0 radical (unpaired) electrons. The number of carbonyl (C=O) groups excluding carboxylic acids is 1. The van der Waals surface area contributed by atoms with E-state index in [4.69, 9.17) is 5.73 Å². The van der Waals surface area contributed by atoms with Crippen molar-refractivity contribution in [1.29, 1.82) is 0 Å². The number of hydrogen-bond acceptors (Lipinski definition) is 6. The summed E-state index contributed by atoms with van der Waals surface area (Å²) in [4.78, 5) is 21.3. The maximum Gasteiger partial charge on any atom is 0.271 e. The monoisotopic (exact) mass is 282 g/mol. The number of thiazole rings is 2. The third-order valence-corrected chi connectivity index (χ3v) is 4.39. The molecule has 1 unspecified atom stereocenters. The molecule has 0 aliphatic rings. The Hall–Kier alpha value is -1.47. The largest absolute Gasteiger partial charge is 0.375 e. The van der Waals surface area contributed by atoms with E-state index in [9.17, 15) is 4.79 Å². The van der Waals surface area contributed by atoms with Gasteiger partial charge in [0.25, 0.3) is 5.91 Å². The zero-order valence-corrected chi connectivity index (χ0v) is 11.8. The van der Waals surface area contributed by atoms with E-state index in [1.165, 1.54) is 16.2 Å². The molecule has 0 aromatic carbocycles. The first-order chi connectivity index (χ1) is 8.60. The lowest BCUT2D eigenvalue weighted by atomic mass is 10.3. The number of nitrogens with two attached hydrogens (primary N) is 1. The second-order valence-corrected chi connectivity index (χ2v) is 5.82. The Morgan fingerprint density at radius 2 is 2.39 bits per heavy atom. The number of aromatic nitrogens is 2. The molecule has 7 heteroatoms. The van der Waals surface area contributed by atoms with Gasteiger partial charge in [0.05, 0.1) is 6.04 Å². The molecule has 1 atom stereocenters. The first-order valence-corrected chi connectivity index (χ1v) is 7.26. The van der Waals surface area contributed by atoms with Crippen LogP contribution < -0.4 is 11.1 Å². The van der Waals surface area contributed by atoms with E-state index < -0.39 is 0 Å². The van der Waals surface area contributed by atoms with Crippen LogP contribution in [0.25, 0.3) is 0 Å². The first-order valence-electron chi connectivity index (χ1n) is 5.56. The van der Waals surface area contributed by atoms with Crippen LogP contribution in [0.2, 0.25) is 0 Å². The van der Waals surface area contributed by atoms with Gasteiger partial charge in [-0.2, -0.15) is 0 Å². The van der Waals surface area contributed by atoms with Gasteiger partial charge in [-0.1, -0.05) is 6.92 Å². The van der Waals surface area contributed by atoms with Crippen LogP contribution in [0.5, 0.6) is 0 Å². The maximum atomic E-state index is 11.9. The Morgan fingerprint density at radius 3 is 2.94 bits per heavy atom. The second-order valence-electron chi connectivity index (χ2n) is 3.78. The fraction of sp³-hybridized carbons (Fsp3) is 0.364. The van der Waals surface area contributed by atoms with Crippen LogP contribution in [0.3, 0.4) is 0 Å². The van der Waals surface area contributed by atoms with E-state index in [0.29, 0.717) is 10.8 Å². The van der Waals surface area contributed by atoms with Crippen LogP contribution >= 0.6 is 22.7 Å². The molecular weight excluding hydrogens is 268 g/mol. The van der Waals surface area contributed by atoms with Crippen molar-refractivity contribution in [2.75, 3.05) is 5.73 Å². The number of aryl methyl sites for hydroxylation is 1. The zero-order valence-electron chi connectivity index (χ0n) is 10.1. The van der Waals surface area contributed by atoms with Crippen molar-refractivity contribution < 1.29 is 4.79 Å². The quantitative estimate of drug-likeness (QED) is 0.901. The Morgan fingerprint density at radius 1 is 1.61 bits per heavy atom. The predicted molar refractivity (Wildman–Crippen MR) is 73.9 cm³/mol. The normalized spacial score (nSPS) is 12.3. The van der Waals surface area contributed by atoms with Crippen molar-refractivity contribution in [1.82, 2.24) is 15.3 Å². The van der Waals surface area contributed by atoms with Gasteiger partial charge in [-0.25, -0.2) is 9.97 Å². The number of anilines is 1. The minimum atomic E-state index is -0.219. The lowest BCUT2D eigenvalue weighted by Gasteiger charge is -2.09. The second kappa shape index (κ2) is 5.45. The molecule has 2 aromatic heterocycles. The van der Waals surface area contributed by atoms with Gasteiger partial charge in [0.15, 0.2) is 5.13 Å². The van der Waals surface area contributed by atoms with Gasteiger partial charge in [0.1, 0.15) is 10.7 Å². The van der Waals surface area contributed by atoms with Gasteiger partial charge in [-0.05, 0) is 13.3 Å². The SMILES string of the molecule is CCc1cnc(C(C)NC(=O)c2csc(N)n2)s1. The number of hydrogen-bond donors (Lipinski definition) is 2. The van der Waals surface area contributed by atoms with Crippen LogP contribution in [0.15, 0.2) is 11.6 Å². The number of nitrogen functional groups attached to an aromatic ring is 1. The van der Waals surface area contributed by atoms with E-state index >= 15 is 0 Å². The summed E-state index contributed by atoms with van der Waals surface area (Å²) >= 11 is 2.87. The standard InChI is InChI=1S/C11H14N4OS2/c1-3-7-4-13-10(18-7)6(2)14-9(16)8-5-17-11(12)15-8/h4-6H,3H2,1-2H3,(H2,12,15)(H,14,16). The molecule has 2 aromatic rings. The Labute approximate surface area is 113 Å². The molecule has 2 heterocycles. The van der Waals surface area contributed by atoms with Crippen LogP contribution in [0.4, 0.5) is 5.13 Å². The summed E-state index contributed by atoms with van der Waals surface area (Å²) in [7, 11) is 0. The summed E-state index contributed by atoms with van der Waals surface area (Å²) in [6.45, 7) is 3.99. The molecule has 18 heavy (non-hydrogen) atoms. The van der Waals surface area contributed by atoms with Crippen molar-refractivity contribution in [3.63, 3.8) is 0 Å². The number of nitrogens with one attached hydrogen (secondary N) is 1. The maximum absolute atomic E-state index is 11.9. The van der Waals surface area contributed by atoms with Crippen LogP contribution in [-0.4, -0.2) is 15.9 Å². The van der Waals surface area contributed by atoms with E-state index in [2.05, 4.69) is 22.2 Å². The van der Waals surface area contributed by atoms with Crippen molar-refractivity contribution in [3.8, 4) is 0 Å². The highest BCUT2D eigenvalue weighted by atomic mass is 32.1. The molecule has 0 saturated carbocycles. The van der Waals surface area contributed by atoms with Gasteiger partial charge < -0.3 is 11.1 Å². The lowest BCUT2D eigenvalue weighted by molar-refractivity contribution is 0.0935. The molecule has 0 spiro atoms. The number of nitrogens with zero attached hydrogens (tertiary/aromatic N) is 2. The van der Waals surface area contributed by atoms with E-state index in [0.717, 1.165) is 11.4 Å². The van der Waals surface area contributed by atoms with Gasteiger partial charge in [-0.15, -0.1) is 22.7 Å². The average Bonchev–Trinajstić information content (AvgIpc) is 2.97. The highest BCUT2D eigenvalue weighted by Crippen LogP contribution is 2.21. The smallest absolute Gasteiger partial charge is 0.271 e. The summed E-state index contributed by atoms with van der Waals surface area (Å²) in [6, 6.07) is -0.120. The van der Waals surface area contributed by atoms with Crippen molar-refractivity contribution in [2.24, 2.45) is 0 Å². The van der Waals surface area contributed by atoms with Gasteiger partial charge in [-0.3, -0.25) is 4.79 Å². The van der Waals surface area contributed by atoms with Gasteiger partial charge in [0, 0.05) is 16.5 Å². The molecule has 0 bridgehead atoms. The molecule has 96 valence electrons. The third-order valence-electron chi connectivity index (χ3n) is 2.39. The summed E-state index contributed by atoms with van der Waals surface area (Å²) in [5.41, 5.74) is 5.85. The molecule has 2 rings (SSSR count). The predicted octanol–water partition coefficient (Wildman–Crippen LogP) is 2.24. The van der Waals surface area contributed by atoms with E-state index in [-0.39, 0.29) is 11.9 Å². The first kappa shape index (κ1) is 13.0. The fourth-order valence-electron chi connectivity index (χ4n) is 1.41. The van der Waals surface area contributed by atoms with E-state index in [1.54, 1.807) is 16.7 Å². The molecule has 0 aliphatic heterocycles. The summed E-state index contributed by atoms with van der Waals surface area (Å²) in [5, 5.41) is 5.81. The molecule has 5 nitrogen and oxygen atoms in total. The summed E-state index contributed by atoms with van der Waals surface area (Å²) < 4.78 is 0. The molecule has 3 N–H and O–H groups in total. The highest BCUT2D eigenvalue weighted by Gasteiger charge is 2.16. The molecule has 0 fully saturated rings. The zero-order chi connectivity index (χ0) is 13.1. The minimum Gasteiger partial charge on any atom is -0.375 e. The highest BCUT2D eigenvalue weighted by molar-refractivity contribution is 7.13. The average molecular weight is 282 g/mol. The number of rotatable bonds is 4. The summed E-state index contributed by atoms with van der Waals surface area (Å²) in [5.74, 6) is -0.219. The number of amides is 1. The van der Waals surface area contributed by atoms with Gasteiger partial charge in [0.2, 0.25) is 0 Å². The minimum absolute atomic E-state index is 0.120. The fourth-order valence-corrected chi connectivity index (χ4v) is 2.81. The third kappa shape index (κ3) is 2.85. The Kier molecular flexibility index (Phi) is 3.93.